The molecule has 0 aromatic rings. The van der Waals surface area contributed by atoms with Crippen molar-refractivity contribution in [3.63, 3.8) is 0 Å². The lowest BCUT2D eigenvalue weighted by molar-refractivity contribution is 0.697. The van der Waals surface area contributed by atoms with Crippen LogP contribution in [0.25, 0.3) is 0 Å². The molecular weight excluding hydrogens is 110 g/mol. The molecule has 50 valence electrons. The fourth-order valence-electron chi connectivity index (χ4n) is 0.930. The van der Waals surface area contributed by atoms with Crippen molar-refractivity contribution in [2.24, 2.45) is 5.73 Å². The third-order valence-electron chi connectivity index (χ3n) is 1.56. The van der Waals surface area contributed by atoms with Gasteiger partial charge in [-0.15, -0.1) is 0 Å². The second-order valence-electron chi connectivity index (χ2n) is 2.58. The number of hydrogen-bond donors (Lipinski definition) is 1. The van der Waals surface area contributed by atoms with E-state index in [9.17, 15) is 0 Å². The van der Waals surface area contributed by atoms with E-state index >= 15 is 0 Å². The van der Waals surface area contributed by atoms with Gasteiger partial charge in [-0.25, -0.2) is 0 Å². The van der Waals surface area contributed by atoms with Crippen LogP contribution in [0.2, 0.25) is 0 Å². The Bertz CT molecular complexity index is 145. The molecule has 9 heavy (non-hydrogen) atoms. The molecule has 1 atom stereocenters. The van der Waals surface area contributed by atoms with Crippen LogP contribution in [0.4, 0.5) is 0 Å². The van der Waals surface area contributed by atoms with Crippen molar-refractivity contribution in [2.75, 3.05) is 0 Å². The van der Waals surface area contributed by atoms with Crippen LogP contribution in [0.15, 0.2) is 23.8 Å². The lowest BCUT2D eigenvalue weighted by atomic mass is 10.2. The van der Waals surface area contributed by atoms with Gasteiger partial charge in [0.05, 0.1) is 0 Å². The van der Waals surface area contributed by atoms with Gasteiger partial charge in [-0.3, -0.25) is 0 Å². The summed E-state index contributed by atoms with van der Waals surface area (Å²) >= 11 is 0. The molecule has 1 nitrogen and oxygen atoms in total. The molecule has 0 aliphatic heterocycles. The first-order valence-electron chi connectivity index (χ1n) is 3.38. The van der Waals surface area contributed by atoms with Gasteiger partial charge in [-0.05, 0) is 19.8 Å². The number of allylic oxidation sites excluding steroid dienone is 2. The highest BCUT2D eigenvalue weighted by Crippen LogP contribution is 2.07. The Kier molecular flexibility index (Phi) is 2.06. The lowest BCUT2D eigenvalue weighted by Crippen LogP contribution is -2.16. The first kappa shape index (κ1) is 6.56. The molecule has 0 amide bonds. The molecule has 0 bridgehead atoms. The van der Waals surface area contributed by atoms with Gasteiger partial charge in [0, 0.05) is 6.04 Å². The molecule has 1 heteroatoms. The number of rotatable bonds is 0. The summed E-state index contributed by atoms with van der Waals surface area (Å²) in [6.45, 7) is 2.11. The van der Waals surface area contributed by atoms with Crippen LogP contribution in [0, 0.1) is 0 Å². The maximum atomic E-state index is 5.70. The van der Waals surface area contributed by atoms with E-state index in [1.165, 1.54) is 5.57 Å². The lowest BCUT2D eigenvalue weighted by Gasteiger charge is -2.00. The summed E-state index contributed by atoms with van der Waals surface area (Å²) in [6, 6.07) is 0.346. The second kappa shape index (κ2) is 2.83. The van der Waals surface area contributed by atoms with Crippen LogP contribution in [-0.4, -0.2) is 6.04 Å². The molecule has 0 aromatic heterocycles. The summed E-state index contributed by atoms with van der Waals surface area (Å²) < 4.78 is 0. The van der Waals surface area contributed by atoms with Crippen LogP contribution < -0.4 is 5.73 Å². The van der Waals surface area contributed by atoms with E-state index in [-0.39, 0.29) is 0 Å². The van der Waals surface area contributed by atoms with E-state index in [2.05, 4.69) is 25.2 Å². The van der Waals surface area contributed by atoms with Crippen LogP contribution in [0.3, 0.4) is 0 Å². The molecule has 1 aliphatic carbocycles. The van der Waals surface area contributed by atoms with Crippen LogP contribution in [-0.2, 0) is 0 Å². The van der Waals surface area contributed by atoms with Crippen molar-refractivity contribution < 1.29 is 0 Å². The van der Waals surface area contributed by atoms with Crippen molar-refractivity contribution in [2.45, 2.75) is 25.8 Å². The topological polar surface area (TPSA) is 26.0 Å². The minimum Gasteiger partial charge on any atom is -0.327 e. The van der Waals surface area contributed by atoms with Crippen LogP contribution >= 0.6 is 0 Å². The van der Waals surface area contributed by atoms with E-state index in [0.29, 0.717) is 6.04 Å². The quantitative estimate of drug-likeness (QED) is 0.520. The fraction of sp³-hybridized carbons (Fsp3) is 0.500. The molecule has 0 radical (unpaired) electrons. The highest BCUT2D eigenvalue weighted by molar-refractivity contribution is 5.18. The summed E-state index contributed by atoms with van der Waals surface area (Å²) in [5, 5.41) is 0. The summed E-state index contributed by atoms with van der Waals surface area (Å²) in [5.74, 6) is 0. The Morgan fingerprint density at radius 3 is 3.11 bits per heavy atom. The van der Waals surface area contributed by atoms with E-state index in [0.717, 1.165) is 12.8 Å². The molecule has 1 aliphatic rings. The molecule has 0 saturated heterocycles. The average molecular weight is 123 g/mol. The van der Waals surface area contributed by atoms with E-state index in [1.54, 1.807) is 0 Å². The number of nitrogens with two attached hydrogens (primary N) is 1. The van der Waals surface area contributed by atoms with Gasteiger partial charge >= 0.3 is 0 Å². The maximum absolute atomic E-state index is 5.70. The zero-order valence-corrected chi connectivity index (χ0v) is 5.80. The first-order valence-corrected chi connectivity index (χ1v) is 3.38. The monoisotopic (exact) mass is 123 g/mol. The molecule has 0 aromatic carbocycles. The van der Waals surface area contributed by atoms with Crippen LogP contribution in [0.1, 0.15) is 19.8 Å². The van der Waals surface area contributed by atoms with Gasteiger partial charge in [0.15, 0.2) is 0 Å². The molecule has 2 N–H and O–H groups in total. The van der Waals surface area contributed by atoms with Crippen molar-refractivity contribution in [1.82, 2.24) is 0 Å². The second-order valence-corrected chi connectivity index (χ2v) is 2.58. The zero-order valence-electron chi connectivity index (χ0n) is 5.80. The van der Waals surface area contributed by atoms with Crippen molar-refractivity contribution in [3.05, 3.63) is 23.8 Å². The Labute approximate surface area is 56.2 Å². The van der Waals surface area contributed by atoms with Crippen LogP contribution in [0.5, 0.6) is 0 Å². The van der Waals surface area contributed by atoms with Gasteiger partial charge < -0.3 is 5.73 Å². The molecule has 0 fully saturated rings. The molecule has 0 spiro atoms. The summed E-state index contributed by atoms with van der Waals surface area (Å²) in [4.78, 5) is 0. The highest BCUT2D eigenvalue weighted by atomic mass is 14.6. The summed E-state index contributed by atoms with van der Waals surface area (Å²) in [7, 11) is 0. The van der Waals surface area contributed by atoms with Gasteiger partial charge in [0.1, 0.15) is 0 Å². The predicted molar refractivity (Wildman–Crippen MR) is 40.1 cm³/mol. The Hall–Kier alpha value is -0.560. The molecule has 1 unspecified atom stereocenters. The van der Waals surface area contributed by atoms with Gasteiger partial charge in [0.25, 0.3) is 0 Å². The normalized spacial score (nSPS) is 27.3. The first-order chi connectivity index (χ1) is 4.29. The van der Waals surface area contributed by atoms with E-state index in [1.807, 2.05) is 0 Å². The standard InChI is InChI=1S/C8H13N/c1-7-3-2-4-8(9)6-5-7/h2-3,5,8H,4,6,9H2,1H3. The Balaban J connectivity index is 2.58. The van der Waals surface area contributed by atoms with Crippen molar-refractivity contribution >= 4 is 0 Å². The van der Waals surface area contributed by atoms with Gasteiger partial charge in [0.2, 0.25) is 0 Å². The van der Waals surface area contributed by atoms with Gasteiger partial charge in [-0.2, -0.15) is 0 Å². The Morgan fingerprint density at radius 2 is 2.33 bits per heavy atom. The van der Waals surface area contributed by atoms with Crippen molar-refractivity contribution in [1.29, 1.82) is 0 Å². The minimum atomic E-state index is 0.346. The molecular formula is C8H13N. The molecule has 0 saturated carbocycles. The van der Waals surface area contributed by atoms with Gasteiger partial charge in [-0.1, -0.05) is 23.8 Å². The average Bonchev–Trinajstić information content (AvgIpc) is 1.97. The highest BCUT2D eigenvalue weighted by Gasteiger charge is 1.99. The fourth-order valence-corrected chi connectivity index (χ4v) is 0.930. The molecule has 1 rings (SSSR count). The Morgan fingerprint density at radius 1 is 1.56 bits per heavy atom. The minimum absolute atomic E-state index is 0.346. The maximum Gasteiger partial charge on any atom is 0.0108 e. The van der Waals surface area contributed by atoms with E-state index < -0.39 is 0 Å². The SMILES string of the molecule is CC1=CCC(N)CC=C1. The zero-order chi connectivity index (χ0) is 6.69. The smallest absolute Gasteiger partial charge is 0.0108 e. The largest absolute Gasteiger partial charge is 0.327 e. The summed E-state index contributed by atoms with van der Waals surface area (Å²) in [6.07, 6.45) is 8.51. The third kappa shape index (κ3) is 2.02. The predicted octanol–water partition coefficient (Wildman–Crippen LogP) is 1.61. The number of hydrogen-bond acceptors (Lipinski definition) is 1. The van der Waals surface area contributed by atoms with E-state index in [4.69, 9.17) is 5.73 Å². The molecule has 0 heterocycles. The summed E-state index contributed by atoms with van der Waals surface area (Å²) in [5.41, 5.74) is 7.04. The third-order valence-corrected chi connectivity index (χ3v) is 1.56. The van der Waals surface area contributed by atoms with Crippen molar-refractivity contribution in [3.8, 4) is 0 Å².